The van der Waals surface area contributed by atoms with Crippen molar-refractivity contribution < 1.29 is 14.7 Å². The Morgan fingerprint density at radius 2 is 2.00 bits per heavy atom. The van der Waals surface area contributed by atoms with Crippen molar-refractivity contribution in [2.45, 2.75) is 51.5 Å². The number of urea groups is 1. The van der Waals surface area contributed by atoms with E-state index in [0.29, 0.717) is 18.4 Å². The standard InChI is InChI=1S/C14H24N2O3/c1-9-2-3-10(6-9)8-15-14(19)16-12(7-13(17)18)11-4-5-11/h9-12H,2-8H2,1H3,(H,17,18)(H2,15,16,19). The monoisotopic (exact) mass is 268 g/mol. The zero-order valence-corrected chi connectivity index (χ0v) is 11.5. The number of nitrogens with one attached hydrogen (secondary N) is 2. The molecule has 0 heterocycles. The Morgan fingerprint density at radius 3 is 2.53 bits per heavy atom. The summed E-state index contributed by atoms with van der Waals surface area (Å²) >= 11 is 0. The van der Waals surface area contributed by atoms with E-state index >= 15 is 0 Å². The number of carboxylic acids is 1. The minimum absolute atomic E-state index is 0.0263. The highest BCUT2D eigenvalue weighted by Gasteiger charge is 2.33. The highest BCUT2D eigenvalue weighted by molar-refractivity contribution is 5.75. The molecule has 3 unspecified atom stereocenters. The van der Waals surface area contributed by atoms with E-state index in [0.717, 1.165) is 18.8 Å². The Bertz CT molecular complexity index is 342. The molecule has 5 heteroatoms. The summed E-state index contributed by atoms with van der Waals surface area (Å²) in [7, 11) is 0. The number of hydrogen-bond acceptors (Lipinski definition) is 2. The lowest BCUT2D eigenvalue weighted by atomic mass is 10.1. The summed E-state index contributed by atoms with van der Waals surface area (Å²) in [6.45, 7) is 2.96. The number of carbonyl (C=O) groups is 2. The van der Waals surface area contributed by atoms with Crippen molar-refractivity contribution in [2.75, 3.05) is 6.54 Å². The Kier molecular flexibility index (Phi) is 4.66. The van der Waals surface area contributed by atoms with E-state index in [1.165, 1.54) is 19.3 Å². The van der Waals surface area contributed by atoms with Crippen LogP contribution in [0.5, 0.6) is 0 Å². The number of carbonyl (C=O) groups excluding carboxylic acids is 1. The summed E-state index contributed by atoms with van der Waals surface area (Å²) in [6, 6.07) is -0.419. The zero-order valence-electron chi connectivity index (χ0n) is 11.5. The number of rotatable bonds is 6. The van der Waals surface area contributed by atoms with Crippen LogP contribution < -0.4 is 10.6 Å². The molecule has 0 radical (unpaired) electrons. The predicted octanol–water partition coefficient (Wildman–Crippen LogP) is 1.98. The van der Waals surface area contributed by atoms with Crippen LogP contribution in [-0.4, -0.2) is 29.7 Å². The molecule has 0 aromatic rings. The maximum absolute atomic E-state index is 11.8. The first-order valence-electron chi connectivity index (χ1n) is 7.30. The molecule has 0 spiro atoms. The molecular formula is C14H24N2O3. The number of aliphatic carboxylic acids is 1. The van der Waals surface area contributed by atoms with Crippen LogP contribution in [0.1, 0.15) is 45.4 Å². The average molecular weight is 268 g/mol. The van der Waals surface area contributed by atoms with Crippen molar-refractivity contribution in [1.82, 2.24) is 10.6 Å². The molecule has 0 saturated heterocycles. The van der Waals surface area contributed by atoms with Gasteiger partial charge in [-0.25, -0.2) is 4.79 Å². The predicted molar refractivity (Wildman–Crippen MR) is 71.8 cm³/mol. The van der Waals surface area contributed by atoms with Gasteiger partial charge in [-0.1, -0.05) is 13.3 Å². The van der Waals surface area contributed by atoms with Crippen molar-refractivity contribution in [3.8, 4) is 0 Å². The lowest BCUT2D eigenvalue weighted by Crippen LogP contribution is -2.45. The largest absolute Gasteiger partial charge is 0.481 e. The molecule has 0 aromatic heterocycles. The van der Waals surface area contributed by atoms with E-state index in [1.54, 1.807) is 0 Å². The Hall–Kier alpha value is -1.26. The minimum atomic E-state index is -0.846. The molecule has 3 N–H and O–H groups in total. The quantitative estimate of drug-likeness (QED) is 0.689. The topological polar surface area (TPSA) is 78.4 Å². The van der Waals surface area contributed by atoms with Crippen molar-refractivity contribution in [3.05, 3.63) is 0 Å². The van der Waals surface area contributed by atoms with Crippen LogP contribution in [0.4, 0.5) is 4.79 Å². The second-order valence-corrected chi connectivity index (χ2v) is 6.18. The molecule has 2 aliphatic rings. The van der Waals surface area contributed by atoms with Crippen LogP contribution in [0.3, 0.4) is 0 Å². The molecule has 2 rings (SSSR count). The molecule has 19 heavy (non-hydrogen) atoms. The minimum Gasteiger partial charge on any atom is -0.481 e. The van der Waals surface area contributed by atoms with Crippen LogP contribution in [0.2, 0.25) is 0 Å². The van der Waals surface area contributed by atoms with Crippen molar-refractivity contribution in [1.29, 1.82) is 0 Å². The normalized spacial score (nSPS) is 27.8. The third kappa shape index (κ3) is 4.73. The van der Waals surface area contributed by atoms with E-state index in [9.17, 15) is 9.59 Å². The molecule has 5 nitrogen and oxygen atoms in total. The lowest BCUT2D eigenvalue weighted by molar-refractivity contribution is -0.137. The summed E-state index contributed by atoms with van der Waals surface area (Å²) in [5.41, 5.74) is 0. The summed E-state index contributed by atoms with van der Waals surface area (Å²) in [5, 5.41) is 14.5. The van der Waals surface area contributed by atoms with E-state index in [-0.39, 0.29) is 18.5 Å². The SMILES string of the molecule is CC1CCC(CNC(=O)NC(CC(=O)O)C2CC2)C1. The third-order valence-corrected chi connectivity index (χ3v) is 4.26. The summed E-state index contributed by atoms with van der Waals surface area (Å²) in [6.07, 6.45) is 5.69. The molecule has 0 aliphatic heterocycles. The van der Waals surface area contributed by atoms with Gasteiger partial charge < -0.3 is 15.7 Å². The Morgan fingerprint density at radius 1 is 1.26 bits per heavy atom. The third-order valence-electron chi connectivity index (χ3n) is 4.26. The number of carboxylic acid groups (broad SMARTS) is 1. The fourth-order valence-electron chi connectivity index (χ4n) is 2.99. The van der Waals surface area contributed by atoms with Gasteiger partial charge in [0.1, 0.15) is 0 Å². The maximum atomic E-state index is 11.8. The van der Waals surface area contributed by atoms with E-state index in [4.69, 9.17) is 5.11 Å². The number of hydrogen-bond donors (Lipinski definition) is 3. The molecule has 2 amide bonds. The van der Waals surface area contributed by atoms with E-state index in [1.807, 2.05) is 0 Å². The average Bonchev–Trinajstić information content (AvgIpc) is 3.09. The van der Waals surface area contributed by atoms with Gasteiger partial charge in [0.2, 0.25) is 0 Å². The van der Waals surface area contributed by atoms with Crippen LogP contribution >= 0.6 is 0 Å². The van der Waals surface area contributed by atoms with Gasteiger partial charge in [-0.2, -0.15) is 0 Å². The highest BCUT2D eigenvalue weighted by Crippen LogP contribution is 2.34. The fourth-order valence-corrected chi connectivity index (χ4v) is 2.99. The molecular weight excluding hydrogens is 244 g/mol. The molecule has 2 fully saturated rings. The van der Waals surface area contributed by atoms with Crippen molar-refractivity contribution in [2.24, 2.45) is 17.8 Å². The van der Waals surface area contributed by atoms with Crippen LogP contribution in [-0.2, 0) is 4.79 Å². The molecule has 0 aromatic carbocycles. The summed E-state index contributed by atoms with van der Waals surface area (Å²) in [4.78, 5) is 22.5. The molecule has 3 atom stereocenters. The van der Waals surface area contributed by atoms with Gasteiger partial charge in [0, 0.05) is 12.6 Å². The van der Waals surface area contributed by atoms with Crippen molar-refractivity contribution >= 4 is 12.0 Å². The van der Waals surface area contributed by atoms with Crippen LogP contribution in [0, 0.1) is 17.8 Å². The van der Waals surface area contributed by atoms with Gasteiger partial charge in [0.15, 0.2) is 0 Å². The van der Waals surface area contributed by atoms with Crippen molar-refractivity contribution in [3.63, 3.8) is 0 Å². The first-order valence-corrected chi connectivity index (χ1v) is 7.30. The van der Waals surface area contributed by atoms with Gasteiger partial charge in [0.05, 0.1) is 6.42 Å². The summed E-state index contributed by atoms with van der Waals surface area (Å²) in [5.74, 6) is 0.857. The van der Waals surface area contributed by atoms with Gasteiger partial charge in [0.25, 0.3) is 0 Å². The summed E-state index contributed by atoms with van der Waals surface area (Å²) < 4.78 is 0. The highest BCUT2D eigenvalue weighted by atomic mass is 16.4. The molecule has 0 bridgehead atoms. The second kappa shape index (κ2) is 6.26. The molecule has 2 aliphatic carbocycles. The van der Waals surface area contributed by atoms with Crippen LogP contribution in [0.25, 0.3) is 0 Å². The first-order chi connectivity index (χ1) is 9.04. The zero-order chi connectivity index (χ0) is 13.8. The van der Waals surface area contributed by atoms with E-state index in [2.05, 4.69) is 17.6 Å². The lowest BCUT2D eigenvalue weighted by Gasteiger charge is -2.18. The smallest absolute Gasteiger partial charge is 0.315 e. The maximum Gasteiger partial charge on any atom is 0.315 e. The first kappa shape index (κ1) is 14.2. The van der Waals surface area contributed by atoms with Gasteiger partial charge >= 0.3 is 12.0 Å². The fraction of sp³-hybridized carbons (Fsp3) is 0.857. The molecule has 2 saturated carbocycles. The Balaban J connectivity index is 1.68. The van der Waals surface area contributed by atoms with Gasteiger partial charge in [-0.3, -0.25) is 4.79 Å². The van der Waals surface area contributed by atoms with Crippen LogP contribution in [0.15, 0.2) is 0 Å². The number of amides is 2. The second-order valence-electron chi connectivity index (χ2n) is 6.18. The van der Waals surface area contributed by atoms with Gasteiger partial charge in [-0.05, 0) is 43.4 Å². The molecule has 108 valence electrons. The Labute approximate surface area is 114 Å². The van der Waals surface area contributed by atoms with Gasteiger partial charge in [-0.15, -0.1) is 0 Å². The van der Waals surface area contributed by atoms with E-state index < -0.39 is 5.97 Å².